The molecule has 0 aromatic heterocycles. The van der Waals surface area contributed by atoms with Crippen molar-refractivity contribution in [2.45, 2.75) is 49.7 Å². The summed E-state index contributed by atoms with van der Waals surface area (Å²) in [6.07, 6.45) is 4.34. The molecule has 3 atom stereocenters. The number of rotatable bonds is 7. The number of nitrogens with one attached hydrogen (secondary N) is 3. The van der Waals surface area contributed by atoms with Crippen LogP contribution in [0.4, 0.5) is 0 Å². The van der Waals surface area contributed by atoms with Gasteiger partial charge in [0.1, 0.15) is 5.75 Å². The van der Waals surface area contributed by atoms with Crippen LogP contribution in [0.25, 0.3) is 0 Å². The molecule has 164 valence electrons. The lowest BCUT2D eigenvalue weighted by Gasteiger charge is -2.39. The van der Waals surface area contributed by atoms with Crippen molar-refractivity contribution in [2.75, 3.05) is 19.7 Å². The van der Waals surface area contributed by atoms with Gasteiger partial charge in [0, 0.05) is 17.6 Å². The summed E-state index contributed by atoms with van der Waals surface area (Å²) in [5, 5.41) is 10.4. The molecule has 2 amide bonds. The zero-order valence-corrected chi connectivity index (χ0v) is 18.3. The highest BCUT2D eigenvalue weighted by molar-refractivity contribution is 6.42. The Morgan fingerprint density at radius 1 is 1.23 bits per heavy atom. The van der Waals surface area contributed by atoms with E-state index in [1.165, 1.54) is 0 Å². The Labute approximate surface area is 186 Å². The van der Waals surface area contributed by atoms with Gasteiger partial charge >= 0.3 is 0 Å². The molecule has 3 saturated carbocycles. The Morgan fingerprint density at radius 2 is 2.03 bits per heavy atom. The molecule has 5 N–H and O–H groups in total. The van der Waals surface area contributed by atoms with Gasteiger partial charge in [0.2, 0.25) is 5.91 Å². The van der Waals surface area contributed by atoms with Gasteiger partial charge in [-0.15, -0.1) is 0 Å². The molecule has 1 aromatic rings. The lowest BCUT2D eigenvalue weighted by atomic mass is 9.76. The second-order valence-corrected chi connectivity index (χ2v) is 9.63. The summed E-state index contributed by atoms with van der Waals surface area (Å²) >= 11 is 11.9. The average molecular weight is 455 g/mol. The fraction of sp³-hybridized carbons (Fsp3) is 0.619. The summed E-state index contributed by atoms with van der Waals surface area (Å²) in [5.41, 5.74) is 5.54. The maximum Gasteiger partial charge on any atom is 0.258 e. The minimum Gasteiger partial charge on any atom is -0.484 e. The summed E-state index contributed by atoms with van der Waals surface area (Å²) in [6.45, 7) is 1.36. The van der Waals surface area contributed by atoms with Crippen LogP contribution in [0, 0.1) is 11.8 Å². The van der Waals surface area contributed by atoms with E-state index in [1.54, 1.807) is 18.2 Å². The van der Waals surface area contributed by atoms with E-state index in [-0.39, 0.29) is 36.0 Å². The van der Waals surface area contributed by atoms with Crippen molar-refractivity contribution in [1.82, 2.24) is 16.0 Å². The van der Waals surface area contributed by atoms with Gasteiger partial charge in [-0.2, -0.15) is 0 Å². The Balaban J connectivity index is 1.23. The summed E-state index contributed by atoms with van der Waals surface area (Å²) in [6, 6.07) is 4.83. The zero-order chi connectivity index (χ0) is 21.3. The first-order valence-electron chi connectivity index (χ1n) is 10.5. The maximum atomic E-state index is 12.7. The summed E-state index contributed by atoms with van der Waals surface area (Å²) in [5.74, 6) is 1.19. The van der Waals surface area contributed by atoms with Crippen LogP contribution in [0.3, 0.4) is 0 Å². The first kappa shape index (κ1) is 21.7. The van der Waals surface area contributed by atoms with E-state index in [0.29, 0.717) is 34.2 Å². The molecule has 1 aliphatic heterocycles. The standard InChI is InChI=1S/C21H28Cl2N4O3/c22-15-2-1-14(6-16(15)23)30-11-19(28)27-21-7-13(8-21)18(9-21)26-20(29)17-5-12(10-24)3-4-25-17/h1-2,6,12-13,17-18,25H,3-5,7-11,24H2,(H,26,29)(H,27,28). The third-order valence-electron chi connectivity index (χ3n) is 6.64. The lowest BCUT2D eigenvalue weighted by molar-refractivity contribution is -0.126. The molecule has 4 fully saturated rings. The van der Waals surface area contributed by atoms with Crippen LogP contribution in [0.1, 0.15) is 32.1 Å². The van der Waals surface area contributed by atoms with Gasteiger partial charge in [-0.05, 0) is 69.2 Å². The van der Waals surface area contributed by atoms with Crippen LogP contribution in [-0.2, 0) is 9.59 Å². The number of piperidine rings is 1. The molecule has 30 heavy (non-hydrogen) atoms. The highest BCUT2D eigenvalue weighted by atomic mass is 35.5. The van der Waals surface area contributed by atoms with Crippen molar-refractivity contribution < 1.29 is 14.3 Å². The second kappa shape index (κ2) is 8.91. The lowest BCUT2D eigenvalue weighted by Crippen LogP contribution is -2.53. The van der Waals surface area contributed by atoms with Crippen LogP contribution < -0.4 is 26.4 Å². The molecule has 7 nitrogen and oxygen atoms in total. The molecule has 1 saturated heterocycles. The molecule has 1 aromatic carbocycles. The second-order valence-electron chi connectivity index (χ2n) is 8.81. The number of nitrogens with two attached hydrogens (primary N) is 1. The molecule has 3 aliphatic carbocycles. The van der Waals surface area contributed by atoms with Gasteiger partial charge in [-0.1, -0.05) is 23.2 Å². The number of carbonyl (C=O) groups is 2. The fourth-order valence-corrected chi connectivity index (χ4v) is 5.33. The van der Waals surface area contributed by atoms with Crippen molar-refractivity contribution in [3.05, 3.63) is 28.2 Å². The molecule has 4 aliphatic rings. The number of hydrogen-bond donors (Lipinski definition) is 4. The van der Waals surface area contributed by atoms with E-state index in [1.807, 2.05) is 0 Å². The smallest absolute Gasteiger partial charge is 0.258 e. The molecule has 2 bridgehead atoms. The van der Waals surface area contributed by atoms with E-state index in [9.17, 15) is 9.59 Å². The van der Waals surface area contributed by atoms with Crippen LogP contribution >= 0.6 is 23.2 Å². The Hall–Kier alpha value is -1.54. The van der Waals surface area contributed by atoms with Crippen molar-refractivity contribution in [3.63, 3.8) is 0 Å². The predicted molar refractivity (Wildman–Crippen MR) is 116 cm³/mol. The van der Waals surface area contributed by atoms with Crippen LogP contribution in [0.5, 0.6) is 5.75 Å². The van der Waals surface area contributed by atoms with Gasteiger partial charge in [0.25, 0.3) is 5.91 Å². The Bertz CT molecular complexity index is 815. The Morgan fingerprint density at radius 3 is 2.77 bits per heavy atom. The molecule has 0 spiro atoms. The van der Waals surface area contributed by atoms with Crippen molar-refractivity contribution in [1.29, 1.82) is 0 Å². The van der Waals surface area contributed by atoms with Gasteiger partial charge in [0.15, 0.2) is 6.61 Å². The SMILES string of the molecule is NCC1CCNC(C(=O)NC2CC3(NC(=O)COc4ccc(Cl)c(Cl)c4)CC2C3)C1. The van der Waals surface area contributed by atoms with Crippen molar-refractivity contribution in [2.24, 2.45) is 17.6 Å². The van der Waals surface area contributed by atoms with Gasteiger partial charge in [-0.3, -0.25) is 9.59 Å². The van der Waals surface area contributed by atoms with Gasteiger partial charge in [0.05, 0.1) is 16.1 Å². The monoisotopic (exact) mass is 454 g/mol. The van der Waals surface area contributed by atoms with E-state index in [0.717, 1.165) is 38.6 Å². The third-order valence-corrected chi connectivity index (χ3v) is 7.38. The predicted octanol–water partition coefficient (Wildman–Crippen LogP) is 1.85. The highest BCUT2D eigenvalue weighted by Gasteiger charge is 2.57. The van der Waals surface area contributed by atoms with Crippen LogP contribution in [0.15, 0.2) is 18.2 Å². The van der Waals surface area contributed by atoms with E-state index in [2.05, 4.69) is 16.0 Å². The number of fused-ring (bicyclic) bond motifs is 1. The van der Waals surface area contributed by atoms with E-state index >= 15 is 0 Å². The van der Waals surface area contributed by atoms with Gasteiger partial charge in [-0.25, -0.2) is 0 Å². The topological polar surface area (TPSA) is 105 Å². The van der Waals surface area contributed by atoms with Crippen molar-refractivity contribution in [3.8, 4) is 5.75 Å². The molecule has 9 heteroatoms. The molecular formula is C21H28Cl2N4O3. The number of carbonyl (C=O) groups excluding carboxylic acids is 2. The quantitative estimate of drug-likeness (QED) is 0.502. The summed E-state index contributed by atoms with van der Waals surface area (Å²) in [4.78, 5) is 25.1. The molecule has 5 rings (SSSR count). The minimum absolute atomic E-state index is 0.0510. The molecule has 3 unspecified atom stereocenters. The Kier molecular flexibility index (Phi) is 6.44. The number of halogens is 2. The number of ether oxygens (including phenoxy) is 1. The number of benzene rings is 1. The highest BCUT2D eigenvalue weighted by Crippen LogP contribution is 2.52. The average Bonchev–Trinajstić information content (AvgIpc) is 3.22. The fourth-order valence-electron chi connectivity index (χ4n) is 5.05. The summed E-state index contributed by atoms with van der Waals surface area (Å²) in [7, 11) is 0. The molecule has 0 radical (unpaired) electrons. The largest absolute Gasteiger partial charge is 0.484 e. The van der Waals surface area contributed by atoms with Crippen LogP contribution in [0.2, 0.25) is 10.0 Å². The number of amides is 2. The van der Waals surface area contributed by atoms with Crippen molar-refractivity contribution >= 4 is 35.0 Å². The number of hydrogen-bond acceptors (Lipinski definition) is 5. The van der Waals surface area contributed by atoms with Crippen LogP contribution in [-0.4, -0.2) is 49.1 Å². The van der Waals surface area contributed by atoms with Gasteiger partial charge < -0.3 is 26.4 Å². The maximum absolute atomic E-state index is 12.7. The third kappa shape index (κ3) is 4.69. The zero-order valence-electron chi connectivity index (χ0n) is 16.8. The van der Waals surface area contributed by atoms with E-state index < -0.39 is 0 Å². The molecule has 1 heterocycles. The van der Waals surface area contributed by atoms with E-state index in [4.69, 9.17) is 33.7 Å². The first-order chi connectivity index (χ1) is 14.4. The minimum atomic E-state index is -0.236. The first-order valence-corrected chi connectivity index (χ1v) is 11.3. The normalized spacial score (nSPS) is 32.2. The summed E-state index contributed by atoms with van der Waals surface area (Å²) < 4.78 is 5.52. The molecular weight excluding hydrogens is 427 g/mol.